The molecule has 0 saturated carbocycles. The fourth-order valence-corrected chi connectivity index (χ4v) is 3.39. The Balaban J connectivity index is 2.00. The van der Waals surface area contributed by atoms with Crippen LogP contribution in [0.2, 0.25) is 0 Å². The highest BCUT2D eigenvalue weighted by Crippen LogP contribution is 2.29. The van der Waals surface area contributed by atoms with Crippen molar-refractivity contribution < 1.29 is 13.2 Å². The molecule has 1 aromatic carbocycles. The molecule has 0 aliphatic carbocycles. The quantitative estimate of drug-likeness (QED) is 0.520. The van der Waals surface area contributed by atoms with Crippen LogP contribution in [-0.4, -0.2) is 39.1 Å². The van der Waals surface area contributed by atoms with E-state index in [1.807, 2.05) is 0 Å². The van der Waals surface area contributed by atoms with Crippen LogP contribution in [0.1, 0.15) is 10.4 Å². The van der Waals surface area contributed by atoms with E-state index in [2.05, 4.69) is 26.3 Å². The maximum absolute atomic E-state index is 11.8. The molecule has 4 aromatic rings. The van der Waals surface area contributed by atoms with Crippen molar-refractivity contribution in [3.05, 3.63) is 42.4 Å². The molecule has 130 valence electrons. The number of aryl methyl sites for hydroxylation is 1. The number of carbonyl (C=O) groups is 1. The number of amides is 1. The Morgan fingerprint density at radius 2 is 2.12 bits per heavy atom. The van der Waals surface area contributed by atoms with Gasteiger partial charge in [-0.2, -0.15) is 13.5 Å². The van der Waals surface area contributed by atoms with Gasteiger partial charge < -0.3 is 10.7 Å². The van der Waals surface area contributed by atoms with Gasteiger partial charge in [-0.05, 0) is 18.2 Å². The van der Waals surface area contributed by atoms with Gasteiger partial charge in [-0.15, -0.1) is 0 Å². The van der Waals surface area contributed by atoms with Gasteiger partial charge in [-0.3, -0.25) is 9.48 Å². The molecule has 0 aliphatic rings. The molecule has 0 saturated heterocycles. The molecular formula is C16H13N6O3S+. The smallest absolute Gasteiger partial charge is 0.319 e. The van der Waals surface area contributed by atoms with Crippen LogP contribution in [0, 0.1) is 6.26 Å². The minimum atomic E-state index is -3.62. The number of nitrogens with one attached hydrogen (secondary N) is 1. The van der Waals surface area contributed by atoms with Crippen LogP contribution in [0.4, 0.5) is 0 Å². The number of H-pyrrole nitrogens is 1. The number of sulfone groups is 1. The van der Waals surface area contributed by atoms with Crippen LogP contribution in [0.5, 0.6) is 0 Å². The van der Waals surface area contributed by atoms with Gasteiger partial charge in [0.15, 0.2) is 11.9 Å². The molecule has 9 nitrogen and oxygen atoms in total. The third kappa shape index (κ3) is 2.39. The number of aromatic amines is 1. The van der Waals surface area contributed by atoms with E-state index in [1.165, 1.54) is 24.5 Å². The first-order valence-corrected chi connectivity index (χ1v) is 9.10. The number of nitrogens with zero attached hydrogens (tertiary/aromatic N) is 4. The number of aromatic nitrogens is 5. The van der Waals surface area contributed by atoms with E-state index >= 15 is 0 Å². The average molecular weight is 369 g/mol. The monoisotopic (exact) mass is 369 g/mol. The lowest BCUT2D eigenvalue weighted by Gasteiger charge is -1.99. The Labute approximate surface area is 147 Å². The summed E-state index contributed by atoms with van der Waals surface area (Å²) in [5.41, 5.74) is 7.88. The summed E-state index contributed by atoms with van der Waals surface area (Å²) in [5, 5.41) is 5.01. The molecular weight excluding hydrogens is 356 g/mol. The summed E-state index contributed by atoms with van der Waals surface area (Å²) in [6, 6.07) is 4.63. The number of hydrogen-bond acceptors (Lipinski definition) is 6. The number of hydrogen-bond donors (Lipinski definition) is 2. The molecule has 0 spiro atoms. The first-order valence-electron chi connectivity index (χ1n) is 7.45. The van der Waals surface area contributed by atoms with Crippen molar-refractivity contribution in [1.29, 1.82) is 0 Å². The van der Waals surface area contributed by atoms with Crippen LogP contribution in [0.25, 0.3) is 33.5 Å². The number of carbonyl (C=O) groups excluding carboxylic acids is 1. The Kier molecular flexibility index (Phi) is 3.28. The van der Waals surface area contributed by atoms with Crippen molar-refractivity contribution in [3.8, 4) is 11.4 Å². The Morgan fingerprint density at radius 3 is 2.81 bits per heavy atom. The van der Waals surface area contributed by atoms with Crippen molar-refractivity contribution in [2.24, 2.45) is 12.8 Å². The van der Waals surface area contributed by atoms with Gasteiger partial charge >= 0.3 is 9.84 Å². The molecule has 10 heteroatoms. The summed E-state index contributed by atoms with van der Waals surface area (Å²) in [6.07, 6.45) is 6.13. The SMILES string of the molecule is [CH2+]S(=O)(=O)c1ccc2c(c1)c(-c1cnc3[nH]cc(C(N)=O)c3n1)nn2C. The zero-order valence-corrected chi connectivity index (χ0v) is 14.4. The zero-order valence-electron chi connectivity index (χ0n) is 13.6. The predicted octanol–water partition coefficient (Wildman–Crippen LogP) is 1.18. The molecule has 1 amide bonds. The fourth-order valence-electron chi connectivity index (χ4n) is 2.82. The van der Waals surface area contributed by atoms with Gasteiger partial charge in [-0.1, -0.05) is 0 Å². The van der Waals surface area contributed by atoms with Crippen LogP contribution in [0.3, 0.4) is 0 Å². The van der Waals surface area contributed by atoms with E-state index in [0.717, 1.165) is 5.52 Å². The van der Waals surface area contributed by atoms with Crippen LogP contribution in [0.15, 0.2) is 35.5 Å². The number of primary amides is 1. The minimum Gasteiger partial charge on any atom is -0.365 e. The summed E-state index contributed by atoms with van der Waals surface area (Å²) < 4.78 is 25.2. The predicted molar refractivity (Wildman–Crippen MR) is 94.7 cm³/mol. The molecule has 0 fully saturated rings. The second kappa shape index (κ2) is 5.30. The molecule has 3 N–H and O–H groups in total. The van der Waals surface area contributed by atoms with Crippen molar-refractivity contribution in [3.63, 3.8) is 0 Å². The summed E-state index contributed by atoms with van der Waals surface area (Å²) in [5.74, 6) is -0.626. The van der Waals surface area contributed by atoms with E-state index in [0.29, 0.717) is 27.9 Å². The van der Waals surface area contributed by atoms with Crippen molar-refractivity contribution in [2.45, 2.75) is 4.90 Å². The van der Waals surface area contributed by atoms with Crippen LogP contribution in [-0.2, 0) is 16.9 Å². The normalized spacial score (nSPS) is 12.0. The van der Waals surface area contributed by atoms with Gasteiger partial charge in [0.1, 0.15) is 21.8 Å². The number of rotatable bonds is 3. The second-order valence-electron chi connectivity index (χ2n) is 5.78. The van der Waals surface area contributed by atoms with Crippen LogP contribution < -0.4 is 5.73 Å². The Hall–Kier alpha value is -3.40. The van der Waals surface area contributed by atoms with Gasteiger partial charge in [0.25, 0.3) is 5.91 Å². The van der Waals surface area contributed by atoms with Gasteiger partial charge in [0, 0.05) is 18.6 Å². The standard InChI is InChI=1S/C16H12N6O3S/c1-22-12-4-3-8(26(2,24)25)5-9(12)13(21-22)11-7-19-16-14(20-11)10(6-18-16)15(17)23/h3-7H,2H2,1H3,(H2-,17,18,19,20,21,23)/p+1. The summed E-state index contributed by atoms with van der Waals surface area (Å²) >= 11 is 0. The highest BCUT2D eigenvalue weighted by atomic mass is 32.2. The lowest BCUT2D eigenvalue weighted by atomic mass is 10.1. The first-order chi connectivity index (χ1) is 12.3. The summed E-state index contributed by atoms with van der Waals surface area (Å²) in [4.78, 5) is 23.1. The molecule has 0 unspecified atom stereocenters. The zero-order chi connectivity index (χ0) is 18.6. The van der Waals surface area contributed by atoms with E-state index < -0.39 is 15.7 Å². The molecule has 4 rings (SSSR count). The van der Waals surface area contributed by atoms with Gasteiger partial charge in [0.05, 0.1) is 17.3 Å². The fraction of sp³-hybridized carbons (Fsp3) is 0.0625. The molecule has 3 aromatic heterocycles. The second-order valence-corrected chi connectivity index (χ2v) is 7.49. The topological polar surface area (TPSA) is 137 Å². The van der Waals surface area contributed by atoms with Crippen molar-refractivity contribution >= 4 is 37.8 Å². The highest BCUT2D eigenvalue weighted by Gasteiger charge is 2.20. The van der Waals surface area contributed by atoms with E-state index in [1.54, 1.807) is 17.8 Å². The average Bonchev–Trinajstić information content (AvgIpc) is 3.14. The lowest BCUT2D eigenvalue weighted by molar-refractivity contribution is 0.100. The van der Waals surface area contributed by atoms with Crippen molar-refractivity contribution in [2.75, 3.05) is 0 Å². The van der Waals surface area contributed by atoms with Gasteiger partial charge in [0.2, 0.25) is 0 Å². The van der Waals surface area contributed by atoms with Gasteiger partial charge in [-0.25, -0.2) is 9.97 Å². The number of fused-ring (bicyclic) bond motifs is 2. The molecule has 0 radical (unpaired) electrons. The summed E-state index contributed by atoms with van der Waals surface area (Å²) in [7, 11) is -1.88. The molecule has 0 atom stereocenters. The third-order valence-corrected chi connectivity index (χ3v) is 5.04. The Bertz CT molecular complexity index is 1300. The minimum absolute atomic E-state index is 0.0766. The lowest BCUT2D eigenvalue weighted by Crippen LogP contribution is -2.10. The van der Waals surface area contributed by atoms with Crippen LogP contribution >= 0.6 is 0 Å². The largest absolute Gasteiger partial charge is 0.365 e. The third-order valence-electron chi connectivity index (χ3n) is 4.07. The highest BCUT2D eigenvalue weighted by molar-refractivity contribution is 7.92. The molecule has 26 heavy (non-hydrogen) atoms. The van der Waals surface area contributed by atoms with E-state index in [4.69, 9.17) is 5.73 Å². The summed E-state index contributed by atoms with van der Waals surface area (Å²) in [6.45, 7) is 0. The van der Waals surface area contributed by atoms with Crippen molar-refractivity contribution in [1.82, 2.24) is 24.7 Å². The van der Waals surface area contributed by atoms with E-state index in [-0.39, 0.29) is 10.5 Å². The molecule has 0 bridgehead atoms. The molecule has 0 aliphatic heterocycles. The maximum atomic E-state index is 11.8. The first kappa shape index (κ1) is 16.1. The number of nitrogens with two attached hydrogens (primary N) is 1. The van der Waals surface area contributed by atoms with E-state index in [9.17, 15) is 13.2 Å². The number of benzene rings is 1. The molecule has 3 heterocycles. The Morgan fingerprint density at radius 1 is 1.35 bits per heavy atom. The maximum Gasteiger partial charge on any atom is 0.319 e.